The van der Waals surface area contributed by atoms with Crippen molar-refractivity contribution in [3.8, 4) is 6.07 Å². The lowest BCUT2D eigenvalue weighted by Crippen LogP contribution is -2.51. The van der Waals surface area contributed by atoms with E-state index in [0.29, 0.717) is 6.61 Å². The van der Waals surface area contributed by atoms with Gasteiger partial charge >= 0.3 is 0 Å². The molecule has 130 valence electrons. The summed E-state index contributed by atoms with van der Waals surface area (Å²) < 4.78 is 12.2. The predicted molar refractivity (Wildman–Crippen MR) is 96.6 cm³/mol. The number of benzene rings is 2. The smallest absolute Gasteiger partial charge is 0.163 e. The van der Waals surface area contributed by atoms with Gasteiger partial charge in [0.2, 0.25) is 0 Å². The molecule has 1 fully saturated rings. The van der Waals surface area contributed by atoms with Crippen LogP contribution >= 0.6 is 0 Å². The molecule has 3 atom stereocenters. The van der Waals surface area contributed by atoms with Gasteiger partial charge in [-0.3, -0.25) is 4.90 Å². The second kappa shape index (κ2) is 7.37. The van der Waals surface area contributed by atoms with Crippen LogP contribution in [0.25, 0.3) is 0 Å². The Bertz CT molecular complexity index is 725. The zero-order valence-electron chi connectivity index (χ0n) is 14.9. The SMILES string of the molecule is CN([C@H](C#N)c1ccccc1)[C@H]1COC(C)(C)O[C@H]1c1ccccc1. The van der Waals surface area contributed by atoms with Gasteiger partial charge in [-0.05, 0) is 32.0 Å². The number of likely N-dealkylation sites (N-methyl/N-ethyl adjacent to an activating group) is 1. The Kier molecular flexibility index (Phi) is 5.19. The molecule has 1 saturated heterocycles. The summed E-state index contributed by atoms with van der Waals surface area (Å²) in [5.41, 5.74) is 2.07. The Morgan fingerprint density at radius 1 is 1.08 bits per heavy atom. The molecule has 2 aromatic carbocycles. The lowest BCUT2D eigenvalue weighted by Gasteiger charge is -2.45. The van der Waals surface area contributed by atoms with E-state index in [2.05, 4.69) is 23.1 Å². The van der Waals surface area contributed by atoms with Crippen molar-refractivity contribution in [1.29, 1.82) is 5.26 Å². The molecule has 4 heteroatoms. The van der Waals surface area contributed by atoms with Crippen molar-refractivity contribution in [3.05, 3.63) is 71.8 Å². The van der Waals surface area contributed by atoms with E-state index in [1.807, 2.05) is 69.4 Å². The lowest BCUT2D eigenvalue weighted by atomic mass is 9.97. The maximum absolute atomic E-state index is 9.77. The summed E-state index contributed by atoms with van der Waals surface area (Å²) >= 11 is 0. The highest BCUT2D eigenvalue weighted by Gasteiger charge is 2.41. The van der Waals surface area contributed by atoms with E-state index in [4.69, 9.17) is 9.47 Å². The molecule has 0 N–H and O–H groups in total. The summed E-state index contributed by atoms with van der Waals surface area (Å²) in [6, 6.07) is 22.0. The fraction of sp³-hybridized carbons (Fsp3) is 0.381. The minimum atomic E-state index is -0.646. The molecule has 0 aliphatic carbocycles. The molecule has 0 radical (unpaired) electrons. The first kappa shape index (κ1) is 17.6. The zero-order chi connectivity index (χ0) is 17.9. The second-order valence-corrected chi connectivity index (χ2v) is 6.84. The molecule has 0 bridgehead atoms. The number of nitrogens with zero attached hydrogens (tertiary/aromatic N) is 2. The van der Waals surface area contributed by atoms with Crippen LogP contribution in [0, 0.1) is 11.3 Å². The van der Waals surface area contributed by atoms with Gasteiger partial charge in [0, 0.05) is 0 Å². The van der Waals surface area contributed by atoms with Crippen LogP contribution in [0.15, 0.2) is 60.7 Å². The minimum absolute atomic E-state index is 0.0553. The molecular weight excluding hydrogens is 312 g/mol. The molecule has 3 rings (SSSR count). The van der Waals surface area contributed by atoms with Crippen LogP contribution in [0.3, 0.4) is 0 Å². The molecule has 25 heavy (non-hydrogen) atoms. The van der Waals surface area contributed by atoms with Crippen molar-refractivity contribution in [2.24, 2.45) is 0 Å². The third kappa shape index (κ3) is 3.91. The summed E-state index contributed by atoms with van der Waals surface area (Å²) in [6.07, 6.45) is -0.158. The summed E-state index contributed by atoms with van der Waals surface area (Å²) in [5.74, 6) is -0.646. The number of nitriles is 1. The highest BCUT2D eigenvalue weighted by molar-refractivity contribution is 5.26. The maximum Gasteiger partial charge on any atom is 0.163 e. The summed E-state index contributed by atoms with van der Waals surface area (Å²) in [4.78, 5) is 2.06. The highest BCUT2D eigenvalue weighted by atomic mass is 16.7. The van der Waals surface area contributed by atoms with Gasteiger partial charge in [0.15, 0.2) is 5.79 Å². The van der Waals surface area contributed by atoms with E-state index in [1.165, 1.54) is 0 Å². The van der Waals surface area contributed by atoms with E-state index in [-0.39, 0.29) is 18.2 Å². The number of rotatable bonds is 4. The Labute approximate surface area is 149 Å². The molecule has 0 amide bonds. The first-order valence-corrected chi connectivity index (χ1v) is 8.55. The summed E-state index contributed by atoms with van der Waals surface area (Å²) in [7, 11) is 1.96. The minimum Gasteiger partial charge on any atom is -0.349 e. The number of ether oxygens (including phenoxy) is 2. The average Bonchev–Trinajstić information content (AvgIpc) is 2.63. The molecule has 1 aliphatic rings. The Balaban J connectivity index is 1.91. The van der Waals surface area contributed by atoms with E-state index >= 15 is 0 Å². The van der Waals surface area contributed by atoms with Crippen LogP contribution in [-0.4, -0.2) is 30.4 Å². The predicted octanol–water partition coefficient (Wildman–Crippen LogP) is 4.08. The van der Waals surface area contributed by atoms with Gasteiger partial charge in [0.25, 0.3) is 0 Å². The Morgan fingerprint density at radius 3 is 2.28 bits per heavy atom. The van der Waals surface area contributed by atoms with Crippen molar-refractivity contribution < 1.29 is 9.47 Å². The zero-order valence-corrected chi connectivity index (χ0v) is 14.9. The third-order valence-corrected chi connectivity index (χ3v) is 4.66. The molecule has 0 aromatic heterocycles. The van der Waals surface area contributed by atoms with Gasteiger partial charge in [-0.25, -0.2) is 0 Å². The number of hydrogen-bond acceptors (Lipinski definition) is 4. The molecule has 0 spiro atoms. The fourth-order valence-electron chi connectivity index (χ4n) is 3.28. The molecule has 0 unspecified atom stereocenters. The van der Waals surface area contributed by atoms with Crippen LogP contribution < -0.4 is 0 Å². The largest absolute Gasteiger partial charge is 0.349 e. The Morgan fingerprint density at radius 2 is 1.68 bits per heavy atom. The number of hydrogen-bond donors (Lipinski definition) is 0. The second-order valence-electron chi connectivity index (χ2n) is 6.84. The fourth-order valence-corrected chi connectivity index (χ4v) is 3.28. The van der Waals surface area contributed by atoms with Crippen LogP contribution in [0.2, 0.25) is 0 Å². The van der Waals surface area contributed by atoms with Crippen LogP contribution in [-0.2, 0) is 9.47 Å². The maximum atomic E-state index is 9.77. The van der Waals surface area contributed by atoms with Gasteiger partial charge in [-0.2, -0.15) is 5.26 Å². The third-order valence-electron chi connectivity index (χ3n) is 4.66. The van der Waals surface area contributed by atoms with E-state index in [9.17, 15) is 5.26 Å². The van der Waals surface area contributed by atoms with Crippen LogP contribution in [0.5, 0.6) is 0 Å². The summed E-state index contributed by atoms with van der Waals surface area (Å²) in [5, 5.41) is 9.77. The molecule has 4 nitrogen and oxygen atoms in total. The van der Waals surface area contributed by atoms with E-state index in [1.54, 1.807) is 0 Å². The molecule has 0 saturated carbocycles. The van der Waals surface area contributed by atoms with Crippen molar-refractivity contribution in [2.45, 2.75) is 37.8 Å². The monoisotopic (exact) mass is 336 g/mol. The Hall–Kier alpha value is -2.19. The standard InChI is InChI=1S/C21H24N2O2/c1-21(2)24-15-19(20(25-21)17-12-8-5-9-13-17)23(3)18(14-22)16-10-6-4-7-11-16/h4-13,18-20H,15H2,1-3H3/t18-,19+,20+/m1/s1. The van der Waals surface area contributed by atoms with Crippen molar-refractivity contribution in [3.63, 3.8) is 0 Å². The van der Waals surface area contributed by atoms with E-state index < -0.39 is 5.79 Å². The van der Waals surface area contributed by atoms with Gasteiger partial charge in [0.05, 0.1) is 18.7 Å². The molecule has 2 aromatic rings. The quantitative estimate of drug-likeness (QED) is 0.844. The van der Waals surface area contributed by atoms with Crippen molar-refractivity contribution in [2.75, 3.05) is 13.7 Å². The van der Waals surface area contributed by atoms with Gasteiger partial charge in [-0.1, -0.05) is 60.7 Å². The molecule has 1 aliphatic heterocycles. The first-order valence-electron chi connectivity index (χ1n) is 8.55. The van der Waals surface area contributed by atoms with Crippen molar-refractivity contribution >= 4 is 0 Å². The van der Waals surface area contributed by atoms with Crippen molar-refractivity contribution in [1.82, 2.24) is 4.90 Å². The lowest BCUT2D eigenvalue weighted by molar-refractivity contribution is -0.297. The first-order chi connectivity index (χ1) is 12.0. The average molecular weight is 336 g/mol. The van der Waals surface area contributed by atoms with E-state index in [0.717, 1.165) is 11.1 Å². The molecule has 1 heterocycles. The van der Waals surface area contributed by atoms with Crippen LogP contribution in [0.4, 0.5) is 0 Å². The van der Waals surface area contributed by atoms with Crippen LogP contribution in [0.1, 0.15) is 37.1 Å². The topological polar surface area (TPSA) is 45.5 Å². The highest BCUT2D eigenvalue weighted by Crippen LogP contribution is 2.37. The van der Waals surface area contributed by atoms with Gasteiger partial charge < -0.3 is 9.47 Å². The molecular formula is C21H24N2O2. The normalized spacial score (nSPS) is 23.8. The van der Waals surface area contributed by atoms with Gasteiger partial charge in [-0.15, -0.1) is 0 Å². The van der Waals surface area contributed by atoms with Gasteiger partial charge in [0.1, 0.15) is 12.1 Å². The summed E-state index contributed by atoms with van der Waals surface area (Å²) in [6.45, 7) is 4.37.